The second-order valence-corrected chi connectivity index (χ2v) is 3.36. The van der Waals surface area contributed by atoms with Gasteiger partial charge >= 0.3 is 0 Å². The normalized spacial score (nSPS) is 12.9. The van der Waals surface area contributed by atoms with Crippen LogP contribution in [0.1, 0.15) is 31.2 Å². The van der Waals surface area contributed by atoms with E-state index < -0.39 is 11.6 Å². The highest BCUT2D eigenvalue weighted by atomic mass is 19.2. The molecule has 14 heavy (non-hydrogen) atoms. The molecule has 0 spiro atoms. The van der Waals surface area contributed by atoms with E-state index in [1.807, 2.05) is 6.92 Å². The molecule has 1 aromatic rings. The largest absolute Gasteiger partial charge is 0.330 e. The minimum atomic E-state index is -0.795. The first-order chi connectivity index (χ1) is 6.69. The number of nitrogens with two attached hydrogens (primary N) is 1. The minimum absolute atomic E-state index is 0.232. The van der Waals surface area contributed by atoms with Crippen molar-refractivity contribution in [1.29, 1.82) is 0 Å². The summed E-state index contributed by atoms with van der Waals surface area (Å²) in [5.41, 5.74) is 6.27. The van der Waals surface area contributed by atoms with Crippen molar-refractivity contribution in [2.24, 2.45) is 5.73 Å². The van der Waals surface area contributed by atoms with Gasteiger partial charge in [0.2, 0.25) is 0 Å². The lowest BCUT2D eigenvalue weighted by Crippen LogP contribution is -2.07. The Kier molecular flexibility index (Phi) is 4.01. The van der Waals surface area contributed by atoms with Gasteiger partial charge in [-0.2, -0.15) is 0 Å². The monoisotopic (exact) mass is 199 g/mol. The predicted octanol–water partition coefficient (Wildman–Crippen LogP) is 2.81. The molecule has 0 amide bonds. The van der Waals surface area contributed by atoms with Crippen LogP contribution in [-0.2, 0) is 0 Å². The molecule has 1 unspecified atom stereocenters. The van der Waals surface area contributed by atoms with E-state index in [1.165, 1.54) is 12.1 Å². The van der Waals surface area contributed by atoms with Gasteiger partial charge in [0, 0.05) is 0 Å². The summed E-state index contributed by atoms with van der Waals surface area (Å²) < 4.78 is 25.6. The van der Waals surface area contributed by atoms with Gasteiger partial charge in [-0.25, -0.2) is 8.78 Å². The lowest BCUT2D eigenvalue weighted by Gasteiger charge is -2.14. The maximum absolute atomic E-state index is 12.9. The van der Waals surface area contributed by atoms with Gasteiger partial charge in [0.15, 0.2) is 11.6 Å². The maximum atomic E-state index is 12.9. The molecule has 1 aromatic carbocycles. The van der Waals surface area contributed by atoms with Crippen LogP contribution < -0.4 is 5.73 Å². The summed E-state index contributed by atoms with van der Waals surface area (Å²) in [4.78, 5) is 0. The Morgan fingerprint density at radius 3 is 2.50 bits per heavy atom. The maximum Gasteiger partial charge on any atom is 0.159 e. The molecule has 0 aliphatic heterocycles. The van der Waals surface area contributed by atoms with Gasteiger partial charge < -0.3 is 5.73 Å². The van der Waals surface area contributed by atoms with Crippen LogP contribution in [0.5, 0.6) is 0 Å². The molecule has 0 saturated heterocycles. The van der Waals surface area contributed by atoms with Crippen LogP contribution in [0.4, 0.5) is 8.78 Å². The molecule has 0 fully saturated rings. The highest BCUT2D eigenvalue weighted by Crippen LogP contribution is 2.23. The minimum Gasteiger partial charge on any atom is -0.330 e. The summed E-state index contributed by atoms with van der Waals surface area (Å²) >= 11 is 0. The second-order valence-electron chi connectivity index (χ2n) is 3.36. The van der Waals surface area contributed by atoms with Crippen molar-refractivity contribution in [1.82, 2.24) is 0 Å². The van der Waals surface area contributed by atoms with Crippen molar-refractivity contribution in [3.05, 3.63) is 35.4 Å². The van der Waals surface area contributed by atoms with Gasteiger partial charge in [0.1, 0.15) is 0 Å². The number of hydrogen-bond acceptors (Lipinski definition) is 1. The Bertz CT molecular complexity index is 299. The van der Waals surface area contributed by atoms with Gasteiger partial charge in [-0.05, 0) is 43.0 Å². The molecule has 0 saturated carbocycles. The topological polar surface area (TPSA) is 26.0 Å². The average Bonchev–Trinajstić information content (AvgIpc) is 2.19. The smallest absolute Gasteiger partial charge is 0.159 e. The summed E-state index contributed by atoms with van der Waals surface area (Å²) in [5, 5.41) is 0. The van der Waals surface area contributed by atoms with Crippen molar-refractivity contribution >= 4 is 0 Å². The highest BCUT2D eigenvalue weighted by molar-refractivity contribution is 5.21. The third-order valence-electron chi connectivity index (χ3n) is 2.42. The molecular formula is C11H15F2N. The molecule has 0 aromatic heterocycles. The Morgan fingerprint density at radius 2 is 2.00 bits per heavy atom. The van der Waals surface area contributed by atoms with Crippen molar-refractivity contribution in [3.63, 3.8) is 0 Å². The molecule has 78 valence electrons. The number of rotatable bonds is 4. The number of benzene rings is 1. The molecule has 1 nitrogen and oxygen atoms in total. The van der Waals surface area contributed by atoms with Gasteiger partial charge in [-0.3, -0.25) is 0 Å². The molecule has 1 rings (SSSR count). The fourth-order valence-electron chi connectivity index (χ4n) is 1.57. The molecule has 0 aliphatic carbocycles. The second kappa shape index (κ2) is 5.05. The van der Waals surface area contributed by atoms with E-state index in [0.29, 0.717) is 6.54 Å². The van der Waals surface area contributed by atoms with Gasteiger partial charge in [-0.1, -0.05) is 13.0 Å². The van der Waals surface area contributed by atoms with Crippen molar-refractivity contribution < 1.29 is 8.78 Å². The zero-order valence-corrected chi connectivity index (χ0v) is 8.26. The van der Waals surface area contributed by atoms with Crippen LogP contribution in [0.25, 0.3) is 0 Å². The summed E-state index contributed by atoms with van der Waals surface area (Å²) in [6.07, 6.45) is 1.70. The molecular weight excluding hydrogens is 184 g/mol. The van der Waals surface area contributed by atoms with E-state index in [9.17, 15) is 8.78 Å². The van der Waals surface area contributed by atoms with E-state index in [4.69, 9.17) is 5.73 Å². The van der Waals surface area contributed by atoms with E-state index in [2.05, 4.69) is 0 Å². The first-order valence-electron chi connectivity index (χ1n) is 4.84. The molecule has 0 radical (unpaired) electrons. The van der Waals surface area contributed by atoms with E-state index in [1.54, 1.807) is 6.07 Å². The quantitative estimate of drug-likeness (QED) is 0.792. The zero-order chi connectivity index (χ0) is 10.6. The van der Waals surface area contributed by atoms with Crippen molar-refractivity contribution in [2.75, 3.05) is 6.54 Å². The van der Waals surface area contributed by atoms with Crippen LogP contribution in [0.15, 0.2) is 18.2 Å². The summed E-state index contributed by atoms with van der Waals surface area (Å²) in [6, 6.07) is 4.06. The molecule has 0 heterocycles. The van der Waals surface area contributed by atoms with Crippen LogP contribution in [0, 0.1) is 11.6 Å². The highest BCUT2D eigenvalue weighted by Gasteiger charge is 2.10. The van der Waals surface area contributed by atoms with E-state index in [0.717, 1.165) is 18.4 Å². The average molecular weight is 199 g/mol. The molecule has 0 bridgehead atoms. The Labute approximate surface area is 82.9 Å². The Hall–Kier alpha value is -0.960. The van der Waals surface area contributed by atoms with Crippen LogP contribution in [-0.4, -0.2) is 6.54 Å². The first-order valence-corrected chi connectivity index (χ1v) is 4.84. The molecule has 2 N–H and O–H groups in total. The lowest BCUT2D eigenvalue weighted by molar-refractivity contribution is 0.503. The Balaban J connectivity index is 2.88. The predicted molar refractivity (Wildman–Crippen MR) is 53.1 cm³/mol. The lowest BCUT2D eigenvalue weighted by atomic mass is 9.93. The standard InChI is InChI=1S/C11H15F2N/c1-2-8(5-6-14)9-3-4-10(12)11(13)7-9/h3-4,7-8H,2,5-6,14H2,1H3. The van der Waals surface area contributed by atoms with Gasteiger partial charge in [-0.15, -0.1) is 0 Å². The summed E-state index contributed by atoms with van der Waals surface area (Å²) in [6.45, 7) is 2.58. The fourth-order valence-corrected chi connectivity index (χ4v) is 1.57. The molecule has 3 heteroatoms. The van der Waals surface area contributed by atoms with Gasteiger partial charge in [0.05, 0.1) is 0 Å². The Morgan fingerprint density at radius 1 is 1.29 bits per heavy atom. The summed E-state index contributed by atoms with van der Waals surface area (Å²) in [5.74, 6) is -1.34. The van der Waals surface area contributed by atoms with Crippen LogP contribution >= 0.6 is 0 Å². The van der Waals surface area contributed by atoms with E-state index in [-0.39, 0.29) is 5.92 Å². The number of halogens is 2. The first kappa shape index (κ1) is 11.1. The number of hydrogen-bond donors (Lipinski definition) is 1. The van der Waals surface area contributed by atoms with Crippen LogP contribution in [0.2, 0.25) is 0 Å². The molecule has 0 aliphatic rings. The van der Waals surface area contributed by atoms with Crippen molar-refractivity contribution in [3.8, 4) is 0 Å². The fraction of sp³-hybridized carbons (Fsp3) is 0.455. The van der Waals surface area contributed by atoms with Crippen molar-refractivity contribution in [2.45, 2.75) is 25.7 Å². The van der Waals surface area contributed by atoms with Gasteiger partial charge in [0.25, 0.3) is 0 Å². The SMILES string of the molecule is CCC(CCN)c1ccc(F)c(F)c1. The third kappa shape index (κ3) is 2.51. The molecule has 1 atom stereocenters. The van der Waals surface area contributed by atoms with Crippen LogP contribution in [0.3, 0.4) is 0 Å². The zero-order valence-electron chi connectivity index (χ0n) is 8.26. The summed E-state index contributed by atoms with van der Waals surface area (Å²) in [7, 11) is 0. The van der Waals surface area contributed by atoms with E-state index >= 15 is 0 Å². The third-order valence-corrected chi connectivity index (χ3v) is 2.42.